The van der Waals surface area contributed by atoms with Gasteiger partial charge in [0, 0.05) is 24.2 Å². The van der Waals surface area contributed by atoms with Crippen molar-refractivity contribution < 1.29 is 14.7 Å². The summed E-state index contributed by atoms with van der Waals surface area (Å²) in [5.41, 5.74) is 1.38. The van der Waals surface area contributed by atoms with E-state index in [0.717, 1.165) is 5.01 Å². The zero-order chi connectivity index (χ0) is 21.7. The van der Waals surface area contributed by atoms with Gasteiger partial charge in [-0.2, -0.15) is 5.10 Å². The van der Waals surface area contributed by atoms with Crippen LogP contribution in [0.5, 0.6) is 0 Å². The Kier molecular flexibility index (Phi) is 7.11. The molecule has 1 aliphatic heterocycles. The molecule has 0 saturated carbocycles. The van der Waals surface area contributed by atoms with E-state index in [1.165, 1.54) is 17.2 Å². The molecule has 2 atom stereocenters. The van der Waals surface area contributed by atoms with Gasteiger partial charge in [-0.3, -0.25) is 9.59 Å². The summed E-state index contributed by atoms with van der Waals surface area (Å²) in [4.78, 5) is 25.3. The highest BCUT2D eigenvalue weighted by Crippen LogP contribution is 2.20. The molecule has 0 radical (unpaired) electrons. The SMILES string of the molecule is CC(C)CC[C@@H](O)C(=O)N1N=CCC1C(=O)NCc1cc(Cl)ccc1-n1cnnn1. The van der Waals surface area contributed by atoms with E-state index in [9.17, 15) is 14.7 Å². The second-order valence-corrected chi connectivity index (χ2v) is 7.90. The Labute approximate surface area is 178 Å². The number of hydrazone groups is 1. The standard InChI is InChI=1S/C19H24ClN7O3/c1-12(2)3-6-17(28)19(30)27-16(7-8-23-27)18(29)21-10-13-9-14(20)4-5-15(13)26-11-22-24-25-26/h4-5,8-9,11-12,16-17,28H,3,6-7,10H2,1-2H3,(H,21,29)/t16?,17-/m1/s1. The molecule has 0 spiro atoms. The molecule has 1 unspecified atom stereocenters. The smallest absolute Gasteiger partial charge is 0.272 e. The van der Waals surface area contributed by atoms with Crippen molar-refractivity contribution >= 4 is 29.6 Å². The number of carbonyl (C=O) groups excluding carboxylic acids is 2. The van der Waals surface area contributed by atoms with Crippen LogP contribution in [0.2, 0.25) is 5.02 Å². The van der Waals surface area contributed by atoms with Crippen LogP contribution in [0, 0.1) is 5.92 Å². The number of tetrazole rings is 1. The summed E-state index contributed by atoms with van der Waals surface area (Å²) in [5.74, 6) is -0.582. The van der Waals surface area contributed by atoms with Crippen molar-refractivity contribution in [1.29, 1.82) is 0 Å². The highest BCUT2D eigenvalue weighted by molar-refractivity contribution is 6.30. The van der Waals surface area contributed by atoms with E-state index in [1.807, 2.05) is 13.8 Å². The second-order valence-electron chi connectivity index (χ2n) is 7.46. The topological polar surface area (TPSA) is 126 Å². The molecule has 10 nitrogen and oxygen atoms in total. The quantitative estimate of drug-likeness (QED) is 0.646. The molecule has 2 aromatic rings. The number of hydrogen-bond acceptors (Lipinski definition) is 7. The molecule has 11 heteroatoms. The lowest BCUT2D eigenvalue weighted by molar-refractivity contribution is -0.146. The Balaban J connectivity index is 1.65. The first-order valence-corrected chi connectivity index (χ1v) is 10.1. The average Bonchev–Trinajstić information content (AvgIpc) is 3.41. The molecule has 2 heterocycles. The molecule has 3 rings (SSSR count). The van der Waals surface area contributed by atoms with Gasteiger partial charge in [0.25, 0.3) is 5.91 Å². The van der Waals surface area contributed by atoms with Gasteiger partial charge in [0.2, 0.25) is 5.91 Å². The third kappa shape index (κ3) is 5.19. The van der Waals surface area contributed by atoms with Crippen LogP contribution in [0.4, 0.5) is 0 Å². The van der Waals surface area contributed by atoms with Crippen LogP contribution in [0.1, 0.15) is 38.7 Å². The predicted octanol–water partition coefficient (Wildman–Crippen LogP) is 1.32. The number of rotatable bonds is 8. The van der Waals surface area contributed by atoms with Gasteiger partial charge in [0.1, 0.15) is 18.5 Å². The largest absolute Gasteiger partial charge is 0.383 e. The number of benzene rings is 1. The van der Waals surface area contributed by atoms with E-state index >= 15 is 0 Å². The van der Waals surface area contributed by atoms with Crippen molar-refractivity contribution in [2.24, 2.45) is 11.0 Å². The molecule has 1 aromatic heterocycles. The van der Waals surface area contributed by atoms with Gasteiger partial charge >= 0.3 is 0 Å². The van der Waals surface area contributed by atoms with Gasteiger partial charge in [-0.1, -0.05) is 25.4 Å². The summed E-state index contributed by atoms with van der Waals surface area (Å²) in [6, 6.07) is 4.36. The fourth-order valence-electron chi connectivity index (χ4n) is 3.10. The highest BCUT2D eigenvalue weighted by atomic mass is 35.5. The molecule has 30 heavy (non-hydrogen) atoms. The van der Waals surface area contributed by atoms with Crippen molar-refractivity contribution in [2.75, 3.05) is 0 Å². The monoisotopic (exact) mass is 433 g/mol. The number of amides is 2. The predicted molar refractivity (Wildman–Crippen MR) is 110 cm³/mol. The maximum absolute atomic E-state index is 12.8. The molecule has 0 aliphatic carbocycles. The Hall–Kier alpha value is -2.85. The van der Waals surface area contributed by atoms with E-state index in [2.05, 4.69) is 25.9 Å². The second kappa shape index (κ2) is 9.77. The van der Waals surface area contributed by atoms with Crippen molar-refractivity contribution in [3.63, 3.8) is 0 Å². The van der Waals surface area contributed by atoms with Crippen molar-refractivity contribution in [3.8, 4) is 5.69 Å². The lowest BCUT2D eigenvalue weighted by Crippen LogP contribution is -2.47. The molecule has 0 fully saturated rings. The lowest BCUT2D eigenvalue weighted by atomic mass is 10.0. The number of carbonyl (C=O) groups is 2. The molecular weight excluding hydrogens is 410 g/mol. The number of nitrogens with zero attached hydrogens (tertiary/aromatic N) is 6. The number of aliphatic hydroxyl groups is 1. The zero-order valence-corrected chi connectivity index (χ0v) is 17.5. The fourth-order valence-corrected chi connectivity index (χ4v) is 3.30. The Morgan fingerprint density at radius 3 is 2.83 bits per heavy atom. The van der Waals surface area contributed by atoms with Gasteiger partial charge in [-0.15, -0.1) is 5.10 Å². The summed E-state index contributed by atoms with van der Waals surface area (Å²) in [6.45, 7) is 4.19. The molecule has 0 saturated heterocycles. The molecular formula is C19H24ClN7O3. The minimum atomic E-state index is -1.18. The van der Waals surface area contributed by atoms with Crippen LogP contribution in [-0.4, -0.2) is 60.5 Å². The molecule has 1 aromatic carbocycles. The Bertz CT molecular complexity index is 917. The Morgan fingerprint density at radius 2 is 2.13 bits per heavy atom. The van der Waals surface area contributed by atoms with Crippen molar-refractivity contribution in [1.82, 2.24) is 30.5 Å². The fraction of sp³-hybridized carbons (Fsp3) is 0.474. The van der Waals surface area contributed by atoms with Crippen LogP contribution < -0.4 is 5.32 Å². The third-order valence-corrected chi connectivity index (χ3v) is 4.99. The van der Waals surface area contributed by atoms with Gasteiger partial charge < -0.3 is 10.4 Å². The number of aliphatic hydroxyl groups excluding tert-OH is 1. The maximum atomic E-state index is 12.8. The zero-order valence-electron chi connectivity index (χ0n) is 16.8. The van der Waals surface area contributed by atoms with Gasteiger partial charge in [-0.05, 0) is 52.9 Å². The van der Waals surface area contributed by atoms with Crippen LogP contribution in [0.3, 0.4) is 0 Å². The minimum Gasteiger partial charge on any atom is -0.383 e. The first kappa shape index (κ1) is 21.8. The van der Waals surface area contributed by atoms with Gasteiger partial charge in [0.15, 0.2) is 0 Å². The summed E-state index contributed by atoms with van der Waals surface area (Å²) in [6.07, 6.45) is 3.08. The highest BCUT2D eigenvalue weighted by Gasteiger charge is 2.35. The lowest BCUT2D eigenvalue weighted by Gasteiger charge is -2.24. The molecule has 2 N–H and O–H groups in total. The van der Waals surface area contributed by atoms with Gasteiger partial charge in [0.05, 0.1) is 5.69 Å². The van der Waals surface area contributed by atoms with E-state index in [-0.39, 0.29) is 18.9 Å². The van der Waals surface area contributed by atoms with Crippen LogP contribution in [0.15, 0.2) is 29.6 Å². The van der Waals surface area contributed by atoms with Crippen LogP contribution in [0.25, 0.3) is 5.69 Å². The normalized spacial score (nSPS) is 16.8. The number of nitrogens with one attached hydrogen (secondary N) is 1. The van der Waals surface area contributed by atoms with Crippen molar-refractivity contribution in [3.05, 3.63) is 35.1 Å². The summed E-state index contributed by atoms with van der Waals surface area (Å²) < 4.78 is 1.47. The number of aromatic nitrogens is 4. The molecule has 160 valence electrons. The summed E-state index contributed by atoms with van der Waals surface area (Å²) in [7, 11) is 0. The number of hydrogen-bond donors (Lipinski definition) is 2. The minimum absolute atomic E-state index is 0.156. The van der Waals surface area contributed by atoms with Crippen molar-refractivity contribution in [2.45, 2.75) is 51.8 Å². The van der Waals surface area contributed by atoms with E-state index in [1.54, 1.807) is 18.2 Å². The molecule has 0 bridgehead atoms. The Morgan fingerprint density at radius 1 is 1.33 bits per heavy atom. The molecule has 2 amide bonds. The first-order chi connectivity index (χ1) is 14.4. The van der Waals surface area contributed by atoms with E-state index < -0.39 is 18.1 Å². The van der Waals surface area contributed by atoms with Gasteiger partial charge in [-0.25, -0.2) is 9.69 Å². The summed E-state index contributed by atoms with van der Waals surface area (Å²) >= 11 is 6.10. The van der Waals surface area contributed by atoms with Crippen LogP contribution >= 0.6 is 11.6 Å². The summed E-state index contributed by atoms with van der Waals surface area (Å²) in [5, 5.41) is 29.7. The first-order valence-electron chi connectivity index (χ1n) is 9.70. The van der Waals surface area contributed by atoms with E-state index in [0.29, 0.717) is 35.0 Å². The van der Waals surface area contributed by atoms with Crippen LogP contribution in [-0.2, 0) is 16.1 Å². The number of halogens is 1. The maximum Gasteiger partial charge on any atom is 0.272 e. The molecule has 1 aliphatic rings. The van der Waals surface area contributed by atoms with E-state index in [4.69, 9.17) is 11.6 Å². The average molecular weight is 434 g/mol. The third-order valence-electron chi connectivity index (χ3n) is 4.75.